The largest absolute Gasteiger partial charge is 0.481 e. The van der Waals surface area contributed by atoms with Gasteiger partial charge in [-0.3, -0.25) is 14.5 Å². The van der Waals surface area contributed by atoms with E-state index in [1.807, 2.05) is 64.1 Å². The number of aryl methyl sites for hydroxylation is 1. The van der Waals surface area contributed by atoms with Gasteiger partial charge in [-0.25, -0.2) is 0 Å². The molecule has 1 amide bonds. The summed E-state index contributed by atoms with van der Waals surface area (Å²) in [6.45, 7) is 12.5. The zero-order chi connectivity index (χ0) is 30.7. The lowest BCUT2D eigenvalue weighted by molar-refractivity contribution is -0.139. The molecular weight excluding hydrogens is 575 g/mol. The monoisotopic (exact) mass is 618 g/mol. The third-order valence-corrected chi connectivity index (χ3v) is 8.67. The van der Waals surface area contributed by atoms with Gasteiger partial charge in [0.2, 0.25) is 5.91 Å². The van der Waals surface area contributed by atoms with Crippen molar-refractivity contribution in [2.75, 3.05) is 46.1 Å². The molecule has 2 N–H and O–H groups in total. The maximum Gasteiger partial charge on any atom is 0.311 e. The summed E-state index contributed by atoms with van der Waals surface area (Å²) in [4.78, 5) is 28.1. The second-order valence-electron chi connectivity index (χ2n) is 10.6. The Morgan fingerprint density at radius 1 is 1.07 bits per heavy atom. The number of carboxylic acid groups (broad SMARTS) is 1. The molecule has 2 aliphatic heterocycles. The summed E-state index contributed by atoms with van der Waals surface area (Å²) >= 11 is 12.7. The number of halogens is 2. The SMILES string of the molecule is CC.CCC/C(=C\c1c(C)ccc(Cl)c1Cl)C(=O)NC1(c2ccc(C(CCN3CCOCC3)C(=O)O)cc2)CCOC1. The van der Waals surface area contributed by atoms with Gasteiger partial charge in [-0.2, -0.15) is 0 Å². The number of amides is 1. The van der Waals surface area contributed by atoms with Gasteiger partial charge in [-0.15, -0.1) is 0 Å². The summed E-state index contributed by atoms with van der Waals surface area (Å²) in [5.41, 5.74) is 3.24. The van der Waals surface area contributed by atoms with Gasteiger partial charge in [0, 0.05) is 31.7 Å². The van der Waals surface area contributed by atoms with Crippen LogP contribution in [0.3, 0.4) is 0 Å². The average Bonchev–Trinajstić information content (AvgIpc) is 3.48. The molecule has 7 nitrogen and oxygen atoms in total. The van der Waals surface area contributed by atoms with E-state index >= 15 is 0 Å². The number of carbonyl (C=O) groups is 2. The van der Waals surface area contributed by atoms with Crippen LogP contribution in [0.15, 0.2) is 42.0 Å². The minimum atomic E-state index is -0.836. The average molecular weight is 620 g/mol. The molecule has 2 fully saturated rings. The molecule has 2 aromatic carbocycles. The molecule has 230 valence electrons. The highest BCUT2D eigenvalue weighted by Crippen LogP contribution is 2.34. The van der Waals surface area contributed by atoms with Crippen LogP contribution in [0.4, 0.5) is 0 Å². The zero-order valence-corrected chi connectivity index (χ0v) is 26.7. The quantitative estimate of drug-likeness (QED) is 0.268. The third-order valence-electron chi connectivity index (χ3n) is 7.86. The van der Waals surface area contributed by atoms with Crippen LogP contribution in [0.1, 0.15) is 74.6 Å². The Kier molecular flexibility index (Phi) is 13.3. The molecule has 0 aromatic heterocycles. The van der Waals surface area contributed by atoms with Crippen LogP contribution in [0, 0.1) is 6.92 Å². The number of nitrogens with one attached hydrogen (secondary N) is 1. The molecular formula is C33H44Cl2N2O5. The van der Waals surface area contributed by atoms with E-state index in [0.717, 1.165) is 41.8 Å². The molecule has 4 rings (SSSR count). The van der Waals surface area contributed by atoms with Crippen molar-refractivity contribution < 1.29 is 24.2 Å². The summed E-state index contributed by atoms with van der Waals surface area (Å²) < 4.78 is 11.2. The van der Waals surface area contributed by atoms with Crippen molar-refractivity contribution in [2.24, 2.45) is 0 Å². The Morgan fingerprint density at radius 2 is 1.76 bits per heavy atom. The fourth-order valence-corrected chi connectivity index (χ4v) is 5.83. The minimum absolute atomic E-state index is 0.180. The highest BCUT2D eigenvalue weighted by molar-refractivity contribution is 6.43. The minimum Gasteiger partial charge on any atom is -0.481 e. The summed E-state index contributed by atoms with van der Waals surface area (Å²) in [5, 5.41) is 14.1. The molecule has 2 heterocycles. The van der Waals surface area contributed by atoms with Crippen molar-refractivity contribution in [3.05, 3.63) is 74.3 Å². The summed E-state index contributed by atoms with van der Waals surface area (Å²) in [6, 6.07) is 11.2. The maximum absolute atomic E-state index is 13.7. The molecule has 0 spiro atoms. The molecule has 0 radical (unpaired) electrons. The number of aliphatic carboxylic acids is 1. The lowest BCUT2D eigenvalue weighted by Crippen LogP contribution is -2.47. The standard InChI is InChI=1S/C31H38Cl2N2O5.C2H6/c1-3-4-23(19-26-21(2)5-10-27(32)28(26)33)29(36)34-31(12-16-40-20-31)24-8-6-22(7-9-24)25(30(37)38)11-13-35-14-17-39-18-15-35;1-2/h5-10,19,25H,3-4,11-18,20H2,1-2H3,(H,34,36)(H,37,38);1-2H3/b23-19+;. The Balaban J connectivity index is 0.00000237. The molecule has 9 heteroatoms. The van der Waals surface area contributed by atoms with E-state index in [2.05, 4.69) is 10.2 Å². The van der Waals surface area contributed by atoms with Crippen molar-refractivity contribution in [3.63, 3.8) is 0 Å². The van der Waals surface area contributed by atoms with Crippen LogP contribution < -0.4 is 5.32 Å². The van der Waals surface area contributed by atoms with Gasteiger partial charge >= 0.3 is 5.97 Å². The van der Waals surface area contributed by atoms with Crippen molar-refractivity contribution in [1.29, 1.82) is 0 Å². The smallest absolute Gasteiger partial charge is 0.311 e. The molecule has 2 aliphatic rings. The maximum atomic E-state index is 13.7. The first-order valence-corrected chi connectivity index (χ1v) is 15.7. The molecule has 2 saturated heterocycles. The number of carboxylic acids is 1. The number of ether oxygens (including phenoxy) is 2. The molecule has 2 unspecified atom stereocenters. The van der Waals surface area contributed by atoms with Crippen molar-refractivity contribution in [3.8, 4) is 0 Å². The van der Waals surface area contributed by atoms with Crippen LogP contribution in [-0.2, 0) is 24.6 Å². The first kappa shape index (κ1) is 34.1. The van der Waals surface area contributed by atoms with Crippen molar-refractivity contribution in [1.82, 2.24) is 10.2 Å². The van der Waals surface area contributed by atoms with Gasteiger partial charge in [-0.1, -0.05) is 80.7 Å². The predicted octanol–water partition coefficient (Wildman–Crippen LogP) is 6.83. The zero-order valence-electron chi connectivity index (χ0n) is 25.2. The number of carbonyl (C=O) groups excluding carboxylic acids is 1. The van der Waals surface area contributed by atoms with Gasteiger partial charge in [0.15, 0.2) is 0 Å². The number of hydrogen-bond acceptors (Lipinski definition) is 5. The summed E-state index contributed by atoms with van der Waals surface area (Å²) in [6.07, 6.45) is 4.34. The lowest BCUT2D eigenvalue weighted by Gasteiger charge is -2.31. The van der Waals surface area contributed by atoms with Crippen LogP contribution >= 0.6 is 23.2 Å². The number of morpholine rings is 1. The van der Waals surface area contributed by atoms with Crippen LogP contribution in [0.5, 0.6) is 0 Å². The fraction of sp³-hybridized carbons (Fsp3) is 0.515. The van der Waals surface area contributed by atoms with Gasteiger partial charge in [0.1, 0.15) is 0 Å². The first-order valence-electron chi connectivity index (χ1n) is 14.9. The van der Waals surface area contributed by atoms with Gasteiger partial charge in [0.05, 0.1) is 41.3 Å². The molecule has 0 aliphatic carbocycles. The normalized spacial score (nSPS) is 20.0. The number of benzene rings is 2. The second kappa shape index (κ2) is 16.4. The molecule has 0 bridgehead atoms. The van der Waals surface area contributed by atoms with Crippen LogP contribution in [0.25, 0.3) is 6.08 Å². The molecule has 2 atom stereocenters. The number of nitrogens with zero attached hydrogens (tertiary/aromatic N) is 1. The van der Waals surface area contributed by atoms with Gasteiger partial charge in [0.25, 0.3) is 0 Å². The highest BCUT2D eigenvalue weighted by atomic mass is 35.5. The van der Waals surface area contributed by atoms with Crippen LogP contribution in [-0.4, -0.2) is 67.9 Å². The van der Waals surface area contributed by atoms with E-state index < -0.39 is 17.4 Å². The van der Waals surface area contributed by atoms with E-state index in [1.165, 1.54) is 0 Å². The number of hydrogen-bond donors (Lipinski definition) is 2. The summed E-state index contributed by atoms with van der Waals surface area (Å²) in [5.74, 6) is -1.62. The van der Waals surface area contributed by atoms with E-state index in [0.29, 0.717) is 67.9 Å². The molecule has 42 heavy (non-hydrogen) atoms. The van der Waals surface area contributed by atoms with E-state index in [-0.39, 0.29) is 5.91 Å². The Morgan fingerprint density at radius 3 is 2.36 bits per heavy atom. The van der Waals surface area contributed by atoms with Crippen molar-refractivity contribution in [2.45, 2.75) is 64.8 Å². The lowest BCUT2D eigenvalue weighted by atomic mass is 9.86. The highest BCUT2D eigenvalue weighted by Gasteiger charge is 2.39. The van der Waals surface area contributed by atoms with Gasteiger partial charge < -0.3 is 19.9 Å². The Labute approximate surface area is 260 Å². The second-order valence-corrected chi connectivity index (χ2v) is 11.4. The summed E-state index contributed by atoms with van der Waals surface area (Å²) in [7, 11) is 0. The third kappa shape index (κ3) is 8.57. The van der Waals surface area contributed by atoms with E-state index in [4.69, 9.17) is 32.7 Å². The predicted molar refractivity (Wildman–Crippen MR) is 169 cm³/mol. The first-order chi connectivity index (χ1) is 20.2. The topological polar surface area (TPSA) is 88.1 Å². The molecule has 2 aromatic rings. The van der Waals surface area contributed by atoms with Crippen LogP contribution in [0.2, 0.25) is 10.0 Å². The van der Waals surface area contributed by atoms with Gasteiger partial charge in [-0.05, 0) is 60.7 Å². The Hall–Kier alpha value is -2.42. The Bertz CT molecular complexity index is 1220. The van der Waals surface area contributed by atoms with Crippen molar-refractivity contribution >= 4 is 41.2 Å². The number of rotatable bonds is 11. The fourth-order valence-electron chi connectivity index (χ4n) is 5.40. The molecule has 0 saturated carbocycles. The van der Waals surface area contributed by atoms with E-state index in [1.54, 1.807) is 6.07 Å². The van der Waals surface area contributed by atoms with E-state index in [9.17, 15) is 14.7 Å².